The monoisotopic (exact) mass is 259 g/mol. The van der Waals surface area contributed by atoms with Crippen LogP contribution in [-0.2, 0) is 0 Å². The van der Waals surface area contributed by atoms with Crippen molar-refractivity contribution < 1.29 is 4.39 Å². The number of benzene rings is 1. The fraction of sp³-hybridized carbons (Fsp3) is 0.267. The Balaban J connectivity index is 2.45. The number of aromatic nitrogens is 1. The Kier molecular flexibility index (Phi) is 4.12. The van der Waals surface area contributed by atoms with E-state index < -0.39 is 0 Å². The number of pyridine rings is 1. The number of nitrogens with zero attached hydrogens (tertiary/aromatic N) is 2. The van der Waals surface area contributed by atoms with E-state index in [1.807, 2.05) is 32.3 Å². The lowest BCUT2D eigenvalue weighted by Gasteiger charge is -2.24. The van der Waals surface area contributed by atoms with Crippen LogP contribution >= 0.6 is 0 Å². The molecule has 2 rings (SSSR count). The highest BCUT2D eigenvalue weighted by Crippen LogP contribution is 2.29. The van der Waals surface area contributed by atoms with E-state index in [1.165, 1.54) is 6.07 Å². The second kappa shape index (κ2) is 5.80. The highest BCUT2D eigenvalue weighted by Gasteiger charge is 2.16. The topological polar surface area (TPSA) is 28.2 Å². The molecule has 0 saturated carbocycles. The molecule has 2 aromatic rings. The van der Waals surface area contributed by atoms with Gasteiger partial charge in [-0.3, -0.25) is 0 Å². The minimum absolute atomic E-state index is 0.151. The maximum absolute atomic E-state index is 13.9. The quantitative estimate of drug-likeness (QED) is 0.913. The third kappa shape index (κ3) is 2.74. The summed E-state index contributed by atoms with van der Waals surface area (Å²) in [6.45, 7) is 2.05. The van der Waals surface area contributed by atoms with Gasteiger partial charge < -0.3 is 10.2 Å². The minimum Gasteiger partial charge on any atom is -0.327 e. The van der Waals surface area contributed by atoms with Gasteiger partial charge in [0.2, 0.25) is 0 Å². The van der Waals surface area contributed by atoms with Crippen molar-refractivity contribution in [3.05, 3.63) is 54.0 Å². The Bertz CT molecular complexity index is 557. The van der Waals surface area contributed by atoms with Gasteiger partial charge in [-0.05, 0) is 32.2 Å². The summed E-state index contributed by atoms with van der Waals surface area (Å²) in [7, 11) is 3.72. The lowest BCUT2D eigenvalue weighted by molar-refractivity contribution is 0.625. The van der Waals surface area contributed by atoms with Crippen LogP contribution in [0.4, 0.5) is 15.9 Å². The molecule has 0 fully saturated rings. The first-order valence-corrected chi connectivity index (χ1v) is 6.25. The second-order valence-corrected chi connectivity index (χ2v) is 4.44. The Morgan fingerprint density at radius 2 is 1.95 bits per heavy atom. The highest BCUT2D eigenvalue weighted by molar-refractivity contribution is 5.63. The number of nitrogens with one attached hydrogen (secondary N) is 1. The molecule has 0 aliphatic heterocycles. The molecule has 1 N–H and O–H groups in total. The number of hydrogen-bond acceptors (Lipinski definition) is 3. The molecular formula is C15H18FN3. The average Bonchev–Trinajstić information content (AvgIpc) is 2.46. The van der Waals surface area contributed by atoms with Crippen LogP contribution in [0, 0.1) is 5.82 Å². The van der Waals surface area contributed by atoms with E-state index in [-0.39, 0.29) is 11.9 Å². The van der Waals surface area contributed by atoms with Gasteiger partial charge in [-0.15, -0.1) is 0 Å². The van der Waals surface area contributed by atoms with Crippen molar-refractivity contribution >= 4 is 11.5 Å². The summed E-state index contributed by atoms with van der Waals surface area (Å²) in [5.74, 6) is 0.508. The van der Waals surface area contributed by atoms with Crippen LogP contribution in [0.15, 0.2) is 42.6 Å². The van der Waals surface area contributed by atoms with E-state index in [1.54, 1.807) is 23.2 Å². The molecule has 0 aliphatic carbocycles. The molecule has 1 atom stereocenters. The second-order valence-electron chi connectivity index (χ2n) is 4.44. The first-order valence-electron chi connectivity index (χ1n) is 6.25. The van der Waals surface area contributed by atoms with Gasteiger partial charge in [0.05, 0.1) is 5.69 Å². The molecule has 0 saturated heterocycles. The SMILES string of the molecule is CNC(C)c1cccnc1N(C)c1ccccc1F. The Morgan fingerprint density at radius 3 is 2.63 bits per heavy atom. The molecule has 1 heterocycles. The number of rotatable bonds is 4. The summed E-state index contributed by atoms with van der Waals surface area (Å²) in [5.41, 5.74) is 1.56. The van der Waals surface area contributed by atoms with Crippen molar-refractivity contribution in [2.75, 3.05) is 19.0 Å². The Morgan fingerprint density at radius 1 is 1.21 bits per heavy atom. The molecule has 1 aromatic heterocycles. The van der Waals surface area contributed by atoms with Gasteiger partial charge in [0.25, 0.3) is 0 Å². The third-order valence-electron chi connectivity index (χ3n) is 3.25. The normalized spacial score (nSPS) is 12.2. The maximum Gasteiger partial charge on any atom is 0.146 e. The predicted octanol–water partition coefficient (Wildman–Crippen LogP) is 3.27. The molecule has 1 unspecified atom stereocenters. The fourth-order valence-electron chi connectivity index (χ4n) is 2.02. The van der Waals surface area contributed by atoms with Crippen molar-refractivity contribution in [1.82, 2.24) is 10.3 Å². The zero-order valence-electron chi connectivity index (χ0n) is 11.4. The van der Waals surface area contributed by atoms with Gasteiger partial charge in [0, 0.05) is 24.8 Å². The van der Waals surface area contributed by atoms with Gasteiger partial charge >= 0.3 is 0 Å². The first kappa shape index (κ1) is 13.5. The smallest absolute Gasteiger partial charge is 0.146 e. The summed E-state index contributed by atoms with van der Waals surface area (Å²) in [6.07, 6.45) is 1.72. The Labute approximate surface area is 113 Å². The van der Waals surface area contributed by atoms with Crippen LogP contribution in [0.1, 0.15) is 18.5 Å². The van der Waals surface area contributed by atoms with E-state index in [0.29, 0.717) is 5.69 Å². The summed E-state index contributed by atoms with van der Waals surface area (Å²) in [4.78, 5) is 6.16. The molecule has 4 heteroatoms. The van der Waals surface area contributed by atoms with E-state index in [0.717, 1.165) is 11.4 Å². The van der Waals surface area contributed by atoms with Crippen LogP contribution in [-0.4, -0.2) is 19.1 Å². The van der Waals surface area contributed by atoms with Crippen molar-refractivity contribution in [2.24, 2.45) is 0 Å². The van der Waals surface area contributed by atoms with Crippen LogP contribution in [0.2, 0.25) is 0 Å². The van der Waals surface area contributed by atoms with Crippen LogP contribution < -0.4 is 10.2 Å². The maximum atomic E-state index is 13.9. The van der Waals surface area contributed by atoms with E-state index in [2.05, 4.69) is 17.2 Å². The third-order valence-corrected chi connectivity index (χ3v) is 3.25. The lowest BCUT2D eigenvalue weighted by atomic mass is 10.1. The Hall–Kier alpha value is -1.94. The number of halogens is 1. The number of anilines is 2. The van der Waals surface area contributed by atoms with Gasteiger partial charge in [-0.25, -0.2) is 9.37 Å². The molecular weight excluding hydrogens is 241 g/mol. The van der Waals surface area contributed by atoms with Crippen molar-refractivity contribution in [3.63, 3.8) is 0 Å². The predicted molar refractivity (Wildman–Crippen MR) is 76.2 cm³/mol. The molecule has 0 amide bonds. The van der Waals surface area contributed by atoms with Crippen molar-refractivity contribution in [1.29, 1.82) is 0 Å². The average molecular weight is 259 g/mol. The first-order chi connectivity index (χ1) is 9.15. The molecule has 0 radical (unpaired) electrons. The van der Waals surface area contributed by atoms with Crippen LogP contribution in [0.25, 0.3) is 0 Å². The summed E-state index contributed by atoms with van der Waals surface area (Å²) >= 11 is 0. The number of para-hydroxylation sites is 1. The molecule has 0 bridgehead atoms. The highest BCUT2D eigenvalue weighted by atomic mass is 19.1. The minimum atomic E-state index is -0.251. The van der Waals surface area contributed by atoms with Crippen molar-refractivity contribution in [3.8, 4) is 0 Å². The van der Waals surface area contributed by atoms with Crippen LogP contribution in [0.5, 0.6) is 0 Å². The molecule has 0 spiro atoms. The van der Waals surface area contributed by atoms with E-state index >= 15 is 0 Å². The molecule has 19 heavy (non-hydrogen) atoms. The zero-order valence-corrected chi connectivity index (χ0v) is 11.4. The summed E-state index contributed by atoms with van der Waals surface area (Å²) in [5, 5.41) is 3.18. The van der Waals surface area contributed by atoms with Gasteiger partial charge in [-0.2, -0.15) is 0 Å². The van der Waals surface area contributed by atoms with Crippen LogP contribution in [0.3, 0.4) is 0 Å². The molecule has 1 aromatic carbocycles. The lowest BCUT2D eigenvalue weighted by Crippen LogP contribution is -2.20. The standard InChI is InChI=1S/C15H18FN3/c1-11(17-2)12-7-6-10-18-15(12)19(3)14-9-5-4-8-13(14)16/h4-11,17H,1-3H3. The summed E-state index contributed by atoms with van der Waals surface area (Å²) in [6, 6.07) is 10.7. The largest absolute Gasteiger partial charge is 0.327 e. The van der Waals surface area contributed by atoms with E-state index in [9.17, 15) is 4.39 Å². The van der Waals surface area contributed by atoms with E-state index in [4.69, 9.17) is 0 Å². The van der Waals surface area contributed by atoms with Gasteiger partial charge in [0.15, 0.2) is 0 Å². The molecule has 100 valence electrons. The van der Waals surface area contributed by atoms with Crippen molar-refractivity contribution in [2.45, 2.75) is 13.0 Å². The van der Waals surface area contributed by atoms with Gasteiger partial charge in [-0.1, -0.05) is 18.2 Å². The molecule has 3 nitrogen and oxygen atoms in total. The summed E-state index contributed by atoms with van der Waals surface area (Å²) < 4.78 is 13.9. The van der Waals surface area contributed by atoms with Gasteiger partial charge in [0.1, 0.15) is 11.6 Å². The molecule has 0 aliphatic rings. The fourth-order valence-corrected chi connectivity index (χ4v) is 2.02. The zero-order chi connectivity index (χ0) is 13.8. The number of hydrogen-bond donors (Lipinski definition) is 1.